The summed E-state index contributed by atoms with van der Waals surface area (Å²) in [7, 11) is 1.71. The molecule has 0 aliphatic heterocycles. The van der Waals surface area contributed by atoms with Crippen LogP contribution in [-0.2, 0) is 6.42 Å². The second-order valence-corrected chi connectivity index (χ2v) is 6.33. The van der Waals surface area contributed by atoms with E-state index in [9.17, 15) is 0 Å². The SMILES string of the molecule is CCNC(=NCCCc1cccc(OC)c1)NCCCCSC.I. The van der Waals surface area contributed by atoms with Gasteiger partial charge in [-0.3, -0.25) is 4.99 Å². The van der Waals surface area contributed by atoms with Crippen LogP contribution in [0.25, 0.3) is 0 Å². The number of unbranched alkanes of at least 4 members (excludes halogenated alkanes) is 1. The fraction of sp³-hybridized carbons (Fsp3) is 0.611. The molecule has 0 heterocycles. The second-order valence-electron chi connectivity index (χ2n) is 5.34. The minimum atomic E-state index is 0. The molecule has 0 fully saturated rings. The third-order valence-corrected chi connectivity index (χ3v) is 4.14. The highest BCUT2D eigenvalue weighted by Crippen LogP contribution is 2.13. The average Bonchev–Trinajstić information content (AvgIpc) is 2.58. The molecule has 0 saturated heterocycles. The van der Waals surface area contributed by atoms with E-state index < -0.39 is 0 Å². The van der Waals surface area contributed by atoms with Crippen molar-refractivity contribution in [2.45, 2.75) is 32.6 Å². The summed E-state index contributed by atoms with van der Waals surface area (Å²) in [5, 5.41) is 6.71. The number of methoxy groups -OCH3 is 1. The van der Waals surface area contributed by atoms with Gasteiger partial charge in [-0.25, -0.2) is 0 Å². The number of thioether (sulfide) groups is 1. The highest BCUT2D eigenvalue weighted by atomic mass is 127. The Morgan fingerprint density at radius 2 is 2.04 bits per heavy atom. The first-order chi connectivity index (χ1) is 11.3. The molecule has 6 heteroatoms. The summed E-state index contributed by atoms with van der Waals surface area (Å²) in [5.41, 5.74) is 1.30. The Bertz CT molecular complexity index is 458. The molecule has 0 bridgehead atoms. The minimum Gasteiger partial charge on any atom is -0.497 e. The summed E-state index contributed by atoms with van der Waals surface area (Å²) in [4.78, 5) is 4.65. The number of aryl methyl sites for hydroxylation is 1. The van der Waals surface area contributed by atoms with Gasteiger partial charge in [-0.2, -0.15) is 11.8 Å². The van der Waals surface area contributed by atoms with Crippen LogP contribution >= 0.6 is 35.7 Å². The van der Waals surface area contributed by atoms with Gasteiger partial charge >= 0.3 is 0 Å². The number of rotatable bonds is 11. The summed E-state index contributed by atoms with van der Waals surface area (Å²) < 4.78 is 5.25. The molecule has 0 aliphatic carbocycles. The van der Waals surface area contributed by atoms with Gasteiger partial charge in [0.25, 0.3) is 0 Å². The first-order valence-electron chi connectivity index (χ1n) is 8.44. The molecule has 0 radical (unpaired) electrons. The molecule has 0 unspecified atom stereocenters. The standard InChI is InChI=1S/C18H31N3OS.HI/c1-4-19-18(20-12-5-6-14-23-3)21-13-8-10-16-9-7-11-17(15-16)22-2;/h7,9,11,15H,4-6,8,10,12-14H2,1-3H3,(H2,19,20,21);1H. The van der Waals surface area contributed by atoms with Crippen molar-refractivity contribution in [1.82, 2.24) is 10.6 Å². The van der Waals surface area contributed by atoms with Crippen molar-refractivity contribution in [3.63, 3.8) is 0 Å². The Balaban J connectivity index is 0.00000529. The van der Waals surface area contributed by atoms with Crippen molar-refractivity contribution in [3.05, 3.63) is 29.8 Å². The van der Waals surface area contributed by atoms with Gasteiger partial charge in [-0.15, -0.1) is 24.0 Å². The van der Waals surface area contributed by atoms with Gasteiger partial charge in [0.05, 0.1) is 7.11 Å². The average molecular weight is 465 g/mol. The van der Waals surface area contributed by atoms with Crippen LogP contribution in [0.4, 0.5) is 0 Å². The number of nitrogens with one attached hydrogen (secondary N) is 2. The lowest BCUT2D eigenvalue weighted by Gasteiger charge is -2.11. The Hall–Kier alpha value is -0.630. The van der Waals surface area contributed by atoms with Crippen LogP contribution in [0.15, 0.2) is 29.3 Å². The lowest BCUT2D eigenvalue weighted by molar-refractivity contribution is 0.414. The molecule has 0 spiro atoms. The van der Waals surface area contributed by atoms with E-state index in [-0.39, 0.29) is 24.0 Å². The van der Waals surface area contributed by atoms with E-state index in [0.29, 0.717) is 0 Å². The third-order valence-electron chi connectivity index (χ3n) is 3.44. The van der Waals surface area contributed by atoms with E-state index in [4.69, 9.17) is 4.74 Å². The number of ether oxygens (including phenoxy) is 1. The van der Waals surface area contributed by atoms with Gasteiger partial charge < -0.3 is 15.4 Å². The van der Waals surface area contributed by atoms with E-state index in [1.54, 1.807) is 7.11 Å². The van der Waals surface area contributed by atoms with E-state index in [1.807, 2.05) is 23.9 Å². The first-order valence-corrected chi connectivity index (χ1v) is 9.83. The molecular weight excluding hydrogens is 433 g/mol. The van der Waals surface area contributed by atoms with Gasteiger partial charge in [0.1, 0.15) is 5.75 Å². The van der Waals surface area contributed by atoms with Gasteiger partial charge in [0, 0.05) is 19.6 Å². The number of nitrogens with zero attached hydrogens (tertiary/aromatic N) is 1. The van der Waals surface area contributed by atoms with Gasteiger partial charge in [0.15, 0.2) is 5.96 Å². The zero-order chi connectivity index (χ0) is 16.8. The number of guanidine groups is 1. The molecule has 4 nitrogen and oxygen atoms in total. The van der Waals surface area contributed by atoms with Crippen LogP contribution in [0.3, 0.4) is 0 Å². The van der Waals surface area contributed by atoms with Crippen LogP contribution in [0.1, 0.15) is 31.7 Å². The Morgan fingerprint density at radius 1 is 1.21 bits per heavy atom. The smallest absolute Gasteiger partial charge is 0.191 e. The Labute approximate surface area is 168 Å². The quantitative estimate of drug-likeness (QED) is 0.225. The second kappa shape index (κ2) is 15.9. The highest BCUT2D eigenvalue weighted by Gasteiger charge is 1.98. The number of benzene rings is 1. The summed E-state index contributed by atoms with van der Waals surface area (Å²) >= 11 is 1.91. The lowest BCUT2D eigenvalue weighted by Crippen LogP contribution is -2.37. The summed E-state index contributed by atoms with van der Waals surface area (Å²) in [6.45, 7) is 4.81. The van der Waals surface area contributed by atoms with E-state index in [0.717, 1.165) is 44.2 Å². The molecular formula is C18H32IN3OS. The molecule has 0 amide bonds. The van der Waals surface area contributed by atoms with Crippen molar-refractivity contribution in [1.29, 1.82) is 0 Å². The summed E-state index contributed by atoms with van der Waals surface area (Å²) in [6, 6.07) is 8.25. The molecule has 0 atom stereocenters. The molecule has 1 rings (SSSR count). The Morgan fingerprint density at radius 3 is 2.75 bits per heavy atom. The summed E-state index contributed by atoms with van der Waals surface area (Å²) in [5.74, 6) is 3.09. The molecule has 138 valence electrons. The Kier molecular flexibility index (Phi) is 15.5. The third kappa shape index (κ3) is 11.0. The van der Waals surface area contributed by atoms with E-state index in [1.165, 1.54) is 24.2 Å². The number of halogens is 1. The van der Waals surface area contributed by atoms with Crippen molar-refractivity contribution in [2.24, 2.45) is 4.99 Å². The fourth-order valence-corrected chi connectivity index (χ4v) is 2.71. The normalized spacial score (nSPS) is 10.9. The predicted molar refractivity (Wildman–Crippen MR) is 118 cm³/mol. The van der Waals surface area contributed by atoms with Gasteiger partial charge in [-0.1, -0.05) is 12.1 Å². The summed E-state index contributed by atoms with van der Waals surface area (Å²) in [6.07, 6.45) is 6.66. The molecule has 2 N–H and O–H groups in total. The van der Waals surface area contributed by atoms with E-state index in [2.05, 4.69) is 40.9 Å². The lowest BCUT2D eigenvalue weighted by atomic mass is 10.1. The van der Waals surface area contributed by atoms with Gasteiger partial charge in [-0.05, 0) is 62.3 Å². The monoisotopic (exact) mass is 465 g/mol. The largest absolute Gasteiger partial charge is 0.497 e. The maximum atomic E-state index is 5.25. The van der Waals surface area contributed by atoms with Crippen molar-refractivity contribution in [2.75, 3.05) is 38.8 Å². The molecule has 0 saturated carbocycles. The van der Waals surface area contributed by atoms with Crippen LogP contribution in [0, 0.1) is 0 Å². The van der Waals surface area contributed by atoms with Crippen LogP contribution in [0.5, 0.6) is 5.75 Å². The minimum absolute atomic E-state index is 0. The number of hydrogen-bond acceptors (Lipinski definition) is 3. The van der Waals surface area contributed by atoms with Crippen LogP contribution < -0.4 is 15.4 Å². The van der Waals surface area contributed by atoms with Crippen LogP contribution in [0.2, 0.25) is 0 Å². The number of hydrogen-bond donors (Lipinski definition) is 2. The molecule has 24 heavy (non-hydrogen) atoms. The molecule has 1 aromatic rings. The zero-order valence-electron chi connectivity index (χ0n) is 15.1. The molecule has 0 aromatic heterocycles. The predicted octanol–water partition coefficient (Wildman–Crippen LogP) is 3.94. The van der Waals surface area contributed by atoms with Crippen molar-refractivity contribution in [3.8, 4) is 5.75 Å². The number of aliphatic imine (C=N–C) groups is 1. The molecule has 0 aliphatic rings. The topological polar surface area (TPSA) is 45.7 Å². The zero-order valence-corrected chi connectivity index (χ0v) is 18.3. The van der Waals surface area contributed by atoms with E-state index >= 15 is 0 Å². The van der Waals surface area contributed by atoms with Crippen molar-refractivity contribution >= 4 is 41.7 Å². The molecule has 1 aromatic carbocycles. The maximum Gasteiger partial charge on any atom is 0.191 e. The maximum absolute atomic E-state index is 5.25. The first kappa shape index (κ1) is 23.4. The highest BCUT2D eigenvalue weighted by molar-refractivity contribution is 14.0. The van der Waals surface area contributed by atoms with Crippen molar-refractivity contribution < 1.29 is 4.74 Å². The van der Waals surface area contributed by atoms with Gasteiger partial charge in [0.2, 0.25) is 0 Å². The van der Waals surface area contributed by atoms with Crippen LogP contribution in [-0.4, -0.2) is 44.7 Å². The fourth-order valence-electron chi connectivity index (χ4n) is 2.22.